The van der Waals surface area contributed by atoms with E-state index in [2.05, 4.69) is 33.5 Å². The SMILES string of the molecule is c1csc(-c2csc3nc(C45CC6CCCC(C4)C(C6)C5)cn23)c1. The van der Waals surface area contributed by atoms with E-state index in [9.17, 15) is 0 Å². The van der Waals surface area contributed by atoms with Crippen molar-refractivity contribution in [2.75, 3.05) is 0 Å². The van der Waals surface area contributed by atoms with Crippen LogP contribution in [0.3, 0.4) is 0 Å². The molecule has 2 nitrogen and oxygen atoms in total. The number of aromatic nitrogens is 2. The Labute approximate surface area is 150 Å². The van der Waals surface area contributed by atoms with E-state index in [1.807, 2.05) is 11.3 Å². The second-order valence-corrected chi connectivity index (χ2v) is 10.1. The monoisotopic (exact) mass is 354 g/mol. The predicted molar refractivity (Wildman–Crippen MR) is 101 cm³/mol. The molecule has 3 saturated carbocycles. The van der Waals surface area contributed by atoms with Crippen molar-refractivity contribution in [1.82, 2.24) is 9.38 Å². The Balaban J connectivity index is 1.46. The summed E-state index contributed by atoms with van der Waals surface area (Å²) in [5.74, 6) is 2.93. The minimum absolute atomic E-state index is 0.400. The van der Waals surface area contributed by atoms with Crippen LogP contribution in [0.25, 0.3) is 15.5 Å². The first-order valence-corrected chi connectivity index (χ1v) is 11.1. The summed E-state index contributed by atoms with van der Waals surface area (Å²) < 4.78 is 2.36. The van der Waals surface area contributed by atoms with Gasteiger partial charge >= 0.3 is 0 Å². The molecule has 4 unspecified atom stereocenters. The Morgan fingerprint density at radius 1 is 1.12 bits per heavy atom. The summed E-state index contributed by atoms with van der Waals surface area (Å²) in [6, 6.07) is 4.37. The summed E-state index contributed by atoms with van der Waals surface area (Å²) >= 11 is 3.62. The van der Waals surface area contributed by atoms with E-state index in [0.29, 0.717) is 5.41 Å². The maximum Gasteiger partial charge on any atom is 0.194 e. The first-order valence-electron chi connectivity index (χ1n) is 9.32. The minimum Gasteiger partial charge on any atom is -0.289 e. The molecule has 0 aliphatic heterocycles. The van der Waals surface area contributed by atoms with Crippen LogP contribution in [0.5, 0.6) is 0 Å². The van der Waals surface area contributed by atoms with Crippen molar-refractivity contribution in [2.45, 2.75) is 50.4 Å². The highest BCUT2D eigenvalue weighted by Crippen LogP contribution is 2.60. The smallest absolute Gasteiger partial charge is 0.194 e. The molecule has 4 heteroatoms. The fraction of sp³-hybridized carbons (Fsp3) is 0.550. The summed E-state index contributed by atoms with van der Waals surface area (Å²) in [5, 5.41) is 4.43. The van der Waals surface area contributed by atoms with Crippen LogP contribution >= 0.6 is 22.7 Å². The Morgan fingerprint density at radius 3 is 3.00 bits per heavy atom. The topological polar surface area (TPSA) is 17.3 Å². The van der Waals surface area contributed by atoms with Gasteiger partial charge in [0.1, 0.15) is 0 Å². The van der Waals surface area contributed by atoms with Crippen LogP contribution in [-0.2, 0) is 5.41 Å². The minimum atomic E-state index is 0.400. The number of hydrogen-bond donors (Lipinski definition) is 0. The zero-order valence-electron chi connectivity index (χ0n) is 13.8. The first-order chi connectivity index (χ1) is 11.8. The lowest BCUT2D eigenvalue weighted by Gasteiger charge is -2.36. The quantitative estimate of drug-likeness (QED) is 0.553. The van der Waals surface area contributed by atoms with Gasteiger partial charge in [-0.25, -0.2) is 4.98 Å². The number of hydrogen-bond acceptors (Lipinski definition) is 3. The largest absolute Gasteiger partial charge is 0.289 e. The molecule has 0 saturated heterocycles. The van der Waals surface area contributed by atoms with Crippen molar-refractivity contribution < 1.29 is 0 Å². The predicted octanol–water partition coefficient (Wildman–Crippen LogP) is 5.98. The average Bonchev–Trinajstić information content (AvgIpc) is 3.29. The zero-order valence-corrected chi connectivity index (χ0v) is 15.4. The Hall–Kier alpha value is -1.13. The lowest BCUT2D eigenvalue weighted by molar-refractivity contribution is 0.215. The summed E-state index contributed by atoms with van der Waals surface area (Å²) in [6.07, 6.45) is 12.5. The molecule has 3 bridgehead atoms. The van der Waals surface area contributed by atoms with Gasteiger partial charge < -0.3 is 0 Å². The molecule has 0 amide bonds. The fourth-order valence-electron chi connectivity index (χ4n) is 6.11. The van der Waals surface area contributed by atoms with E-state index in [-0.39, 0.29) is 0 Å². The summed E-state index contributed by atoms with van der Waals surface area (Å²) in [4.78, 5) is 7.69. The molecule has 3 aromatic heterocycles. The number of fused-ring (bicyclic) bond motifs is 3. The molecule has 0 aromatic carbocycles. The molecule has 3 aromatic rings. The van der Waals surface area contributed by atoms with Crippen molar-refractivity contribution in [3.63, 3.8) is 0 Å². The van der Waals surface area contributed by atoms with Crippen LogP contribution < -0.4 is 0 Å². The van der Waals surface area contributed by atoms with Crippen LogP contribution in [0.15, 0.2) is 29.1 Å². The standard InChI is InChI=1S/C20H22N2S2/c1-3-13-7-15-10-20(8-13,9-14(15)4-1)18-11-22-16(12-24-19(22)21-18)17-5-2-6-23-17/h2,5-6,11-15H,1,3-4,7-10H2. The van der Waals surface area contributed by atoms with Gasteiger partial charge in [-0.1, -0.05) is 25.3 Å². The van der Waals surface area contributed by atoms with E-state index in [0.717, 1.165) is 17.8 Å². The molecule has 6 rings (SSSR count). The molecular weight excluding hydrogens is 332 g/mol. The third kappa shape index (κ3) is 1.90. The van der Waals surface area contributed by atoms with E-state index in [4.69, 9.17) is 4.98 Å². The van der Waals surface area contributed by atoms with Crippen LogP contribution in [0, 0.1) is 17.8 Å². The van der Waals surface area contributed by atoms with Crippen LogP contribution in [0.2, 0.25) is 0 Å². The summed E-state index contributed by atoms with van der Waals surface area (Å²) in [5.41, 5.74) is 3.13. The highest BCUT2D eigenvalue weighted by atomic mass is 32.1. The van der Waals surface area contributed by atoms with Crippen LogP contribution in [-0.4, -0.2) is 9.38 Å². The molecule has 0 radical (unpaired) electrons. The van der Waals surface area contributed by atoms with Gasteiger partial charge in [0.25, 0.3) is 0 Å². The average molecular weight is 355 g/mol. The van der Waals surface area contributed by atoms with Gasteiger partial charge in [0.2, 0.25) is 0 Å². The number of rotatable bonds is 2. The van der Waals surface area contributed by atoms with Gasteiger partial charge in [-0.15, -0.1) is 22.7 Å². The first kappa shape index (κ1) is 14.1. The molecule has 124 valence electrons. The molecule has 4 atom stereocenters. The zero-order chi connectivity index (χ0) is 15.7. The highest BCUT2D eigenvalue weighted by molar-refractivity contribution is 7.16. The fourth-order valence-corrected chi connectivity index (χ4v) is 7.79. The molecule has 0 N–H and O–H groups in total. The molecule has 3 fully saturated rings. The van der Waals surface area contributed by atoms with Gasteiger partial charge in [-0.3, -0.25) is 4.40 Å². The van der Waals surface area contributed by atoms with E-state index >= 15 is 0 Å². The van der Waals surface area contributed by atoms with Gasteiger partial charge in [0, 0.05) is 17.0 Å². The number of thiophene rings is 1. The van der Waals surface area contributed by atoms with E-state index in [1.54, 1.807) is 11.3 Å². The normalized spacial score (nSPS) is 34.9. The van der Waals surface area contributed by atoms with Crippen molar-refractivity contribution >= 4 is 27.6 Å². The second-order valence-electron chi connectivity index (χ2n) is 8.32. The second kappa shape index (κ2) is 4.95. The summed E-state index contributed by atoms with van der Waals surface area (Å²) in [7, 11) is 0. The maximum absolute atomic E-state index is 5.15. The summed E-state index contributed by atoms with van der Waals surface area (Å²) in [6.45, 7) is 0. The lowest BCUT2D eigenvalue weighted by atomic mass is 9.68. The van der Waals surface area contributed by atoms with Gasteiger partial charge in [-0.05, 0) is 54.9 Å². The lowest BCUT2D eigenvalue weighted by Crippen LogP contribution is -2.31. The Kier molecular flexibility index (Phi) is 2.90. The molecular formula is C20H22N2S2. The highest BCUT2D eigenvalue weighted by Gasteiger charge is 2.53. The Bertz CT molecular complexity index is 886. The number of nitrogens with zero attached hydrogens (tertiary/aromatic N) is 2. The Morgan fingerprint density at radius 2 is 2.08 bits per heavy atom. The molecule has 3 aliphatic rings. The molecule has 3 heterocycles. The molecule has 3 aliphatic carbocycles. The van der Waals surface area contributed by atoms with Gasteiger partial charge in [-0.2, -0.15) is 0 Å². The molecule has 24 heavy (non-hydrogen) atoms. The number of imidazole rings is 1. The van der Waals surface area contributed by atoms with Crippen molar-refractivity contribution in [1.29, 1.82) is 0 Å². The van der Waals surface area contributed by atoms with E-state index < -0.39 is 0 Å². The third-order valence-corrected chi connectivity index (χ3v) is 8.73. The van der Waals surface area contributed by atoms with E-state index in [1.165, 1.54) is 66.2 Å². The van der Waals surface area contributed by atoms with Crippen molar-refractivity contribution in [3.05, 3.63) is 34.8 Å². The van der Waals surface area contributed by atoms with Crippen LogP contribution in [0.4, 0.5) is 0 Å². The maximum atomic E-state index is 5.15. The van der Waals surface area contributed by atoms with Crippen molar-refractivity contribution in [3.8, 4) is 10.6 Å². The van der Waals surface area contributed by atoms with Crippen LogP contribution in [0.1, 0.15) is 50.6 Å². The third-order valence-electron chi connectivity index (χ3n) is 7.00. The number of thiazole rings is 1. The molecule has 0 spiro atoms. The van der Waals surface area contributed by atoms with Gasteiger partial charge in [0.15, 0.2) is 4.96 Å². The van der Waals surface area contributed by atoms with Gasteiger partial charge in [0.05, 0.1) is 16.3 Å². The van der Waals surface area contributed by atoms with Crippen molar-refractivity contribution in [2.24, 2.45) is 17.8 Å².